The molecule has 4 bridgehead atoms. The number of rotatable bonds is 3. The first-order valence-corrected chi connectivity index (χ1v) is 7.67. The zero-order valence-electron chi connectivity index (χ0n) is 11.8. The molecule has 7 nitrogen and oxygen atoms in total. The van der Waals surface area contributed by atoms with Crippen molar-refractivity contribution < 1.29 is 24.2 Å². The Bertz CT molecular complexity index is 445. The number of ether oxygens (including phenoxy) is 2. The standard InChI is InChI=1S/C14H20N2O5/c17-11(7-16-12(18)1-2-13(16)19)15-14-6-8-3-9(20-14)5-10(4-8)21-14/h8-10,12,18H,1-7H2,(H,15,17)/t8?,9-,10+,12?,14?. The molecule has 5 atom stereocenters. The number of nitrogens with zero attached hydrogens (tertiary/aromatic N) is 1. The lowest BCUT2D eigenvalue weighted by Crippen LogP contribution is -2.67. The summed E-state index contributed by atoms with van der Waals surface area (Å²) >= 11 is 0. The molecule has 1 saturated carbocycles. The lowest BCUT2D eigenvalue weighted by atomic mass is 9.77. The number of likely N-dealkylation sites (tertiary alicyclic amines) is 1. The van der Waals surface area contributed by atoms with Gasteiger partial charge in [0.15, 0.2) is 0 Å². The molecule has 5 fully saturated rings. The number of carbonyl (C=O) groups excluding carboxylic acids is 2. The van der Waals surface area contributed by atoms with Gasteiger partial charge < -0.3 is 24.8 Å². The first-order valence-electron chi connectivity index (χ1n) is 7.67. The van der Waals surface area contributed by atoms with Gasteiger partial charge in [0.05, 0.1) is 12.2 Å². The number of carbonyl (C=O) groups is 2. The molecule has 116 valence electrons. The van der Waals surface area contributed by atoms with Gasteiger partial charge in [-0.25, -0.2) is 0 Å². The van der Waals surface area contributed by atoms with Crippen molar-refractivity contribution in [2.24, 2.45) is 5.92 Å². The molecule has 0 aromatic carbocycles. The summed E-state index contributed by atoms with van der Waals surface area (Å²) in [7, 11) is 0. The molecule has 21 heavy (non-hydrogen) atoms. The van der Waals surface area contributed by atoms with E-state index in [0.717, 1.165) is 19.3 Å². The van der Waals surface area contributed by atoms with Gasteiger partial charge in [0.1, 0.15) is 12.8 Å². The maximum absolute atomic E-state index is 12.2. The minimum atomic E-state index is -1.01. The molecule has 2 amide bonds. The SMILES string of the molecule is O=C(CN1C(=O)CCC1O)NC12CC3C[C@H](C[C@H](C3)O1)O2. The van der Waals surface area contributed by atoms with E-state index >= 15 is 0 Å². The lowest BCUT2D eigenvalue weighted by Gasteiger charge is -2.55. The minimum Gasteiger partial charge on any atom is -0.373 e. The van der Waals surface area contributed by atoms with Crippen molar-refractivity contribution in [1.82, 2.24) is 10.2 Å². The van der Waals surface area contributed by atoms with E-state index in [-0.39, 0.29) is 30.6 Å². The smallest absolute Gasteiger partial charge is 0.252 e. The Balaban J connectivity index is 1.41. The molecular weight excluding hydrogens is 276 g/mol. The molecule has 4 aliphatic heterocycles. The Kier molecular flexibility index (Phi) is 2.99. The summed E-state index contributed by atoms with van der Waals surface area (Å²) in [6.45, 7) is -0.144. The molecule has 0 aromatic rings. The van der Waals surface area contributed by atoms with E-state index in [0.29, 0.717) is 25.2 Å². The van der Waals surface area contributed by atoms with E-state index in [2.05, 4.69) is 5.32 Å². The number of aliphatic hydroxyl groups is 1. The van der Waals surface area contributed by atoms with Crippen molar-refractivity contribution in [2.75, 3.05) is 6.54 Å². The average Bonchev–Trinajstić information content (AvgIpc) is 2.68. The molecule has 3 unspecified atom stereocenters. The molecule has 1 aliphatic carbocycles. The Labute approximate surface area is 122 Å². The second-order valence-electron chi connectivity index (χ2n) is 6.60. The summed E-state index contributed by atoms with van der Waals surface area (Å²) in [6, 6.07) is 0. The fourth-order valence-electron chi connectivity index (χ4n) is 4.16. The predicted molar refractivity (Wildman–Crippen MR) is 69.5 cm³/mol. The van der Waals surface area contributed by atoms with Gasteiger partial charge in [-0.2, -0.15) is 0 Å². The topological polar surface area (TPSA) is 88.1 Å². The highest BCUT2D eigenvalue weighted by molar-refractivity contribution is 5.86. The molecule has 2 N–H and O–H groups in total. The van der Waals surface area contributed by atoms with E-state index < -0.39 is 12.1 Å². The van der Waals surface area contributed by atoms with Crippen molar-refractivity contribution in [3.8, 4) is 0 Å². The molecule has 0 radical (unpaired) electrons. The van der Waals surface area contributed by atoms with Crippen LogP contribution >= 0.6 is 0 Å². The van der Waals surface area contributed by atoms with E-state index in [1.165, 1.54) is 4.90 Å². The van der Waals surface area contributed by atoms with Crippen LogP contribution in [0.25, 0.3) is 0 Å². The third-order valence-corrected chi connectivity index (χ3v) is 4.93. The van der Waals surface area contributed by atoms with Crippen molar-refractivity contribution >= 4 is 11.8 Å². The lowest BCUT2D eigenvalue weighted by molar-refractivity contribution is -0.380. The molecule has 0 aromatic heterocycles. The van der Waals surface area contributed by atoms with Crippen LogP contribution in [0.2, 0.25) is 0 Å². The van der Waals surface area contributed by atoms with Gasteiger partial charge >= 0.3 is 0 Å². The van der Waals surface area contributed by atoms with Gasteiger partial charge in [-0.15, -0.1) is 0 Å². The Morgan fingerprint density at radius 1 is 1.33 bits per heavy atom. The zero-order chi connectivity index (χ0) is 14.6. The van der Waals surface area contributed by atoms with E-state index in [1.807, 2.05) is 0 Å². The quantitative estimate of drug-likeness (QED) is 0.745. The molecule has 0 spiro atoms. The van der Waals surface area contributed by atoms with Crippen molar-refractivity contribution in [3.63, 3.8) is 0 Å². The van der Waals surface area contributed by atoms with Crippen molar-refractivity contribution in [2.45, 2.75) is 62.9 Å². The first-order chi connectivity index (χ1) is 10.0. The van der Waals surface area contributed by atoms with E-state index in [1.54, 1.807) is 0 Å². The maximum Gasteiger partial charge on any atom is 0.252 e. The monoisotopic (exact) mass is 296 g/mol. The van der Waals surface area contributed by atoms with Crippen LogP contribution in [0.15, 0.2) is 0 Å². The summed E-state index contributed by atoms with van der Waals surface area (Å²) < 4.78 is 11.8. The third kappa shape index (κ3) is 2.33. The summed E-state index contributed by atoms with van der Waals surface area (Å²) in [5.74, 6) is -1.01. The molecule has 4 saturated heterocycles. The van der Waals surface area contributed by atoms with Crippen molar-refractivity contribution in [1.29, 1.82) is 0 Å². The van der Waals surface area contributed by atoms with Gasteiger partial charge in [0, 0.05) is 25.7 Å². The maximum atomic E-state index is 12.2. The molecule has 5 aliphatic rings. The Hall–Kier alpha value is -1.18. The summed E-state index contributed by atoms with van der Waals surface area (Å²) in [6.07, 6.45) is 3.80. The van der Waals surface area contributed by atoms with Crippen LogP contribution in [-0.4, -0.2) is 52.7 Å². The average molecular weight is 296 g/mol. The van der Waals surface area contributed by atoms with Gasteiger partial charge in [0.2, 0.25) is 11.8 Å². The van der Waals surface area contributed by atoms with Gasteiger partial charge in [-0.1, -0.05) is 0 Å². The largest absolute Gasteiger partial charge is 0.373 e. The summed E-state index contributed by atoms with van der Waals surface area (Å²) in [5.41, 5.74) is 0. The van der Waals surface area contributed by atoms with Crippen LogP contribution in [0.5, 0.6) is 0 Å². The predicted octanol–water partition coefficient (Wildman–Crippen LogP) is -0.315. The minimum absolute atomic E-state index is 0.144. The van der Waals surface area contributed by atoms with Crippen molar-refractivity contribution in [3.05, 3.63) is 0 Å². The normalized spacial score (nSPS) is 44.4. The first kappa shape index (κ1) is 13.5. The number of nitrogens with one attached hydrogen (secondary N) is 1. The molecular formula is C14H20N2O5. The van der Waals surface area contributed by atoms with E-state index in [9.17, 15) is 14.7 Å². The van der Waals surface area contributed by atoms with Crippen LogP contribution in [-0.2, 0) is 19.1 Å². The second-order valence-corrected chi connectivity index (χ2v) is 6.60. The fraction of sp³-hybridized carbons (Fsp3) is 0.857. The van der Waals surface area contributed by atoms with Crippen LogP contribution < -0.4 is 5.32 Å². The highest BCUT2D eigenvalue weighted by atomic mass is 16.7. The highest BCUT2D eigenvalue weighted by Crippen LogP contribution is 2.47. The third-order valence-electron chi connectivity index (χ3n) is 4.93. The summed E-state index contributed by atoms with van der Waals surface area (Å²) in [4.78, 5) is 25.0. The molecule has 4 heterocycles. The molecule has 7 heteroatoms. The number of hydrogen-bond donors (Lipinski definition) is 2. The highest BCUT2D eigenvalue weighted by Gasteiger charge is 2.54. The Morgan fingerprint density at radius 2 is 2.05 bits per heavy atom. The van der Waals surface area contributed by atoms with Crippen LogP contribution in [0.4, 0.5) is 0 Å². The number of aliphatic hydroxyl groups excluding tert-OH is 1. The van der Waals surface area contributed by atoms with Crippen LogP contribution in [0.3, 0.4) is 0 Å². The number of amides is 2. The van der Waals surface area contributed by atoms with Gasteiger partial charge in [-0.3, -0.25) is 9.59 Å². The second kappa shape index (κ2) is 4.66. The van der Waals surface area contributed by atoms with Gasteiger partial charge in [0.25, 0.3) is 5.91 Å². The summed E-state index contributed by atoms with van der Waals surface area (Å²) in [5, 5.41) is 12.5. The van der Waals surface area contributed by atoms with Crippen LogP contribution in [0, 0.1) is 5.92 Å². The fourth-order valence-corrected chi connectivity index (χ4v) is 4.16. The number of hydrogen-bond acceptors (Lipinski definition) is 5. The van der Waals surface area contributed by atoms with Crippen LogP contribution in [0.1, 0.15) is 38.5 Å². The van der Waals surface area contributed by atoms with E-state index in [4.69, 9.17) is 9.47 Å². The molecule has 5 rings (SSSR count). The zero-order valence-corrected chi connectivity index (χ0v) is 11.8. The Morgan fingerprint density at radius 3 is 2.62 bits per heavy atom. The van der Waals surface area contributed by atoms with Gasteiger partial charge in [-0.05, 0) is 18.8 Å².